The molecule has 0 aromatic heterocycles. The van der Waals surface area contributed by atoms with Gasteiger partial charge in [0.1, 0.15) is 5.75 Å². The predicted molar refractivity (Wildman–Crippen MR) is 113 cm³/mol. The minimum absolute atomic E-state index is 0.218. The lowest BCUT2D eigenvalue weighted by Gasteiger charge is -2.28. The molecule has 1 aliphatic rings. The molecule has 0 unspecified atom stereocenters. The molecule has 0 radical (unpaired) electrons. The molecule has 0 aliphatic carbocycles. The molecule has 1 saturated heterocycles. The minimum Gasteiger partial charge on any atom is -0.494 e. The number of amides is 1. The Kier molecular flexibility index (Phi) is 9.98. The van der Waals surface area contributed by atoms with Crippen LogP contribution in [-0.2, 0) is 18.1 Å². The maximum absolute atomic E-state index is 12.2. The Morgan fingerprint density at radius 1 is 0.929 bits per heavy atom. The first-order chi connectivity index (χ1) is 13.6. The largest absolute Gasteiger partial charge is 0.501 e. The number of anilines is 1. The summed E-state index contributed by atoms with van der Waals surface area (Å²) in [6, 6.07) is 8.55. The molecule has 6 nitrogen and oxygen atoms in total. The van der Waals surface area contributed by atoms with Gasteiger partial charge in [-0.05, 0) is 64.3 Å². The average Bonchev–Trinajstić information content (AvgIpc) is 2.91. The van der Waals surface area contributed by atoms with Crippen molar-refractivity contribution < 1.29 is 22.8 Å². The molecule has 0 atom stereocenters. The van der Waals surface area contributed by atoms with Crippen molar-refractivity contribution >= 4 is 20.4 Å². The molecule has 0 spiro atoms. The van der Waals surface area contributed by atoms with Crippen molar-refractivity contribution in [3.05, 3.63) is 24.3 Å². The maximum atomic E-state index is 12.2. The summed E-state index contributed by atoms with van der Waals surface area (Å²) in [7, 11) is -2.60. The van der Waals surface area contributed by atoms with Crippen molar-refractivity contribution in [2.24, 2.45) is 0 Å². The van der Waals surface area contributed by atoms with E-state index in [1.807, 2.05) is 49.9 Å². The Labute approximate surface area is 170 Å². The molecule has 2 rings (SSSR count). The molecule has 0 bridgehead atoms. The van der Waals surface area contributed by atoms with E-state index in [1.165, 1.54) is 0 Å². The second-order valence-corrected chi connectivity index (χ2v) is 9.52. The Bertz CT molecular complexity index is 564. The zero-order chi connectivity index (χ0) is 20.2. The summed E-state index contributed by atoms with van der Waals surface area (Å²) in [5.41, 5.74) is 0.953. The van der Waals surface area contributed by atoms with Crippen molar-refractivity contribution in [3.8, 4) is 5.75 Å². The molecule has 28 heavy (non-hydrogen) atoms. The zero-order valence-electron chi connectivity index (χ0n) is 17.6. The van der Waals surface area contributed by atoms with E-state index < -0.39 is 8.80 Å². The highest BCUT2D eigenvalue weighted by molar-refractivity contribution is 6.60. The van der Waals surface area contributed by atoms with Crippen LogP contribution in [0.3, 0.4) is 0 Å². The van der Waals surface area contributed by atoms with Crippen LogP contribution in [0.15, 0.2) is 24.3 Å². The molecule has 0 N–H and O–H groups in total. The summed E-state index contributed by atoms with van der Waals surface area (Å²) < 4.78 is 23.5. The lowest BCUT2D eigenvalue weighted by molar-refractivity contribution is -0.118. The van der Waals surface area contributed by atoms with Crippen LogP contribution in [0.25, 0.3) is 0 Å². The smallest absolute Gasteiger partial charge is 0.494 e. The minimum atomic E-state index is -2.60. The van der Waals surface area contributed by atoms with E-state index >= 15 is 0 Å². The second kappa shape index (κ2) is 12.2. The van der Waals surface area contributed by atoms with Crippen molar-refractivity contribution in [2.45, 2.75) is 58.9 Å². The third-order valence-electron chi connectivity index (χ3n) is 4.71. The SMILES string of the molecule is CCO[Si](CCCOc1ccc(N2CCCCCC2=O)cc1)(OCC)OCC. The fourth-order valence-electron chi connectivity index (χ4n) is 3.46. The first-order valence-corrected chi connectivity index (χ1v) is 12.5. The molecule has 158 valence electrons. The molecule has 1 aliphatic heterocycles. The van der Waals surface area contributed by atoms with E-state index in [-0.39, 0.29) is 5.91 Å². The van der Waals surface area contributed by atoms with Gasteiger partial charge in [0.15, 0.2) is 0 Å². The zero-order valence-corrected chi connectivity index (χ0v) is 18.6. The van der Waals surface area contributed by atoms with Gasteiger partial charge in [0.2, 0.25) is 5.91 Å². The van der Waals surface area contributed by atoms with Crippen molar-refractivity contribution in [1.82, 2.24) is 0 Å². The molecule has 0 saturated carbocycles. The summed E-state index contributed by atoms with van der Waals surface area (Å²) in [5.74, 6) is 1.03. The molecule has 1 aromatic rings. The van der Waals surface area contributed by atoms with Crippen LogP contribution < -0.4 is 9.64 Å². The number of rotatable bonds is 12. The van der Waals surface area contributed by atoms with Gasteiger partial charge in [0.05, 0.1) is 6.61 Å². The third kappa shape index (κ3) is 6.88. The van der Waals surface area contributed by atoms with Gasteiger partial charge in [0, 0.05) is 44.5 Å². The number of carbonyl (C=O) groups is 1. The van der Waals surface area contributed by atoms with Gasteiger partial charge in [-0.1, -0.05) is 6.42 Å². The number of hydrogen-bond donors (Lipinski definition) is 0. The van der Waals surface area contributed by atoms with Crippen molar-refractivity contribution in [1.29, 1.82) is 0 Å². The molecule has 1 fully saturated rings. The van der Waals surface area contributed by atoms with E-state index in [1.54, 1.807) is 0 Å². The monoisotopic (exact) mass is 409 g/mol. The summed E-state index contributed by atoms with van der Waals surface area (Å²) in [6.45, 7) is 9.03. The summed E-state index contributed by atoms with van der Waals surface area (Å²) >= 11 is 0. The fraction of sp³-hybridized carbons (Fsp3) is 0.667. The predicted octanol–water partition coefficient (Wildman–Crippen LogP) is 4.41. The first-order valence-electron chi connectivity index (χ1n) is 10.6. The summed E-state index contributed by atoms with van der Waals surface area (Å²) in [5, 5.41) is 0. The number of ether oxygens (including phenoxy) is 1. The third-order valence-corrected chi connectivity index (χ3v) is 7.86. The molecule has 1 heterocycles. The number of hydrogen-bond acceptors (Lipinski definition) is 5. The Balaban J connectivity index is 1.84. The highest BCUT2D eigenvalue weighted by atomic mass is 28.4. The van der Waals surface area contributed by atoms with Crippen molar-refractivity contribution in [2.75, 3.05) is 37.9 Å². The lowest BCUT2D eigenvalue weighted by Crippen LogP contribution is -2.46. The second-order valence-electron chi connectivity index (χ2n) is 6.78. The highest BCUT2D eigenvalue weighted by Gasteiger charge is 2.39. The van der Waals surface area contributed by atoms with Gasteiger partial charge in [0.25, 0.3) is 0 Å². The molecule has 1 aromatic carbocycles. The Morgan fingerprint density at radius 2 is 1.57 bits per heavy atom. The van der Waals surface area contributed by atoms with Gasteiger partial charge < -0.3 is 22.9 Å². The fourth-order valence-corrected chi connectivity index (χ4v) is 6.04. The molecule has 1 amide bonds. The van der Waals surface area contributed by atoms with E-state index in [4.69, 9.17) is 18.0 Å². The number of carbonyl (C=O) groups excluding carboxylic acids is 1. The Hall–Kier alpha value is -1.41. The van der Waals surface area contributed by atoms with Crippen LogP contribution in [0.1, 0.15) is 52.9 Å². The van der Waals surface area contributed by atoms with Crippen LogP contribution in [0, 0.1) is 0 Å². The molecular formula is C21H35NO5Si. The Morgan fingerprint density at radius 3 is 2.18 bits per heavy atom. The molecule has 7 heteroatoms. The summed E-state index contributed by atoms with van der Waals surface area (Å²) in [6.07, 6.45) is 4.63. The first kappa shape index (κ1) is 22.9. The van der Waals surface area contributed by atoms with Crippen LogP contribution in [-0.4, -0.2) is 47.7 Å². The van der Waals surface area contributed by atoms with Crippen molar-refractivity contribution in [3.63, 3.8) is 0 Å². The van der Waals surface area contributed by atoms with Gasteiger partial charge in [-0.25, -0.2) is 0 Å². The van der Waals surface area contributed by atoms with Gasteiger partial charge in [-0.2, -0.15) is 0 Å². The topological polar surface area (TPSA) is 57.2 Å². The van der Waals surface area contributed by atoms with Gasteiger partial charge >= 0.3 is 8.80 Å². The van der Waals surface area contributed by atoms with Gasteiger partial charge in [-0.15, -0.1) is 0 Å². The van der Waals surface area contributed by atoms with Crippen LogP contribution in [0.5, 0.6) is 5.75 Å². The standard InChI is InChI=1S/C21H35NO5Si/c1-4-25-28(26-5-2,27-6-3)18-10-17-24-20-14-12-19(13-15-20)22-16-9-7-8-11-21(22)23/h12-15H,4-11,16-18H2,1-3H3. The average molecular weight is 410 g/mol. The summed E-state index contributed by atoms with van der Waals surface area (Å²) in [4.78, 5) is 14.1. The number of nitrogens with zero attached hydrogens (tertiary/aromatic N) is 1. The van der Waals surface area contributed by atoms with Crippen LogP contribution in [0.2, 0.25) is 6.04 Å². The molecular weight excluding hydrogens is 374 g/mol. The van der Waals surface area contributed by atoms with Gasteiger partial charge in [-0.3, -0.25) is 4.79 Å². The van der Waals surface area contributed by atoms with E-state index in [0.29, 0.717) is 32.8 Å². The quantitative estimate of drug-likeness (QED) is 0.378. The lowest BCUT2D eigenvalue weighted by atomic mass is 10.2. The maximum Gasteiger partial charge on any atom is 0.501 e. The van der Waals surface area contributed by atoms with E-state index in [2.05, 4.69) is 0 Å². The van der Waals surface area contributed by atoms with Crippen LogP contribution in [0.4, 0.5) is 5.69 Å². The number of benzene rings is 1. The highest BCUT2D eigenvalue weighted by Crippen LogP contribution is 2.24. The van der Waals surface area contributed by atoms with Crippen LogP contribution >= 0.6 is 0 Å². The van der Waals surface area contributed by atoms with E-state index in [0.717, 1.165) is 49.7 Å². The normalized spacial score (nSPS) is 15.5. The van der Waals surface area contributed by atoms with E-state index in [9.17, 15) is 4.79 Å².